The molecule has 0 radical (unpaired) electrons. The predicted molar refractivity (Wildman–Crippen MR) is 50.8 cm³/mol. The van der Waals surface area contributed by atoms with Crippen LogP contribution in [-0.4, -0.2) is 61.3 Å². The van der Waals surface area contributed by atoms with E-state index in [1.165, 1.54) is 32.5 Å². The summed E-state index contributed by atoms with van der Waals surface area (Å²) in [6.45, 7) is 5.72. The van der Waals surface area contributed by atoms with Crippen LogP contribution in [0, 0.1) is 0 Å². The van der Waals surface area contributed by atoms with Gasteiger partial charge in [-0.05, 0) is 19.9 Å². The van der Waals surface area contributed by atoms with Crippen molar-refractivity contribution < 1.29 is 4.74 Å². The van der Waals surface area contributed by atoms with E-state index in [0.29, 0.717) is 5.54 Å². The Balaban J connectivity index is 1.66. The van der Waals surface area contributed by atoms with Crippen molar-refractivity contribution in [3.8, 4) is 0 Å². The SMILES string of the molecule is CN1CCN(C2COC2)CC12CC2. The van der Waals surface area contributed by atoms with Gasteiger partial charge in [-0.3, -0.25) is 9.80 Å². The highest BCUT2D eigenvalue weighted by atomic mass is 16.5. The van der Waals surface area contributed by atoms with Crippen molar-refractivity contribution in [2.75, 3.05) is 39.9 Å². The van der Waals surface area contributed by atoms with Crippen LogP contribution in [0.25, 0.3) is 0 Å². The lowest BCUT2D eigenvalue weighted by Gasteiger charge is -2.46. The lowest BCUT2D eigenvalue weighted by molar-refractivity contribution is -0.0868. The van der Waals surface area contributed by atoms with Crippen molar-refractivity contribution in [3.63, 3.8) is 0 Å². The van der Waals surface area contributed by atoms with Crippen LogP contribution in [0.2, 0.25) is 0 Å². The molecule has 1 aliphatic carbocycles. The molecule has 0 aromatic carbocycles. The molecule has 3 nitrogen and oxygen atoms in total. The molecule has 0 amide bonds. The number of ether oxygens (including phenoxy) is 1. The Kier molecular flexibility index (Phi) is 1.70. The van der Waals surface area contributed by atoms with Crippen molar-refractivity contribution in [1.29, 1.82) is 0 Å². The summed E-state index contributed by atoms with van der Waals surface area (Å²) in [7, 11) is 2.28. The molecule has 3 heteroatoms. The number of hydrogen-bond acceptors (Lipinski definition) is 3. The normalized spacial score (nSPS) is 34.8. The molecule has 2 aliphatic heterocycles. The van der Waals surface area contributed by atoms with E-state index in [-0.39, 0.29) is 0 Å². The monoisotopic (exact) mass is 182 g/mol. The average molecular weight is 182 g/mol. The zero-order valence-electron chi connectivity index (χ0n) is 8.33. The fourth-order valence-corrected chi connectivity index (χ4v) is 2.52. The molecule has 2 saturated heterocycles. The maximum Gasteiger partial charge on any atom is 0.0645 e. The third kappa shape index (κ3) is 1.22. The summed E-state index contributed by atoms with van der Waals surface area (Å²) < 4.78 is 5.25. The zero-order chi connectivity index (χ0) is 8.89. The molecule has 13 heavy (non-hydrogen) atoms. The lowest BCUT2D eigenvalue weighted by Crippen LogP contribution is -2.60. The Labute approximate surface area is 79.6 Å². The number of likely N-dealkylation sites (N-methyl/N-ethyl adjacent to an activating group) is 1. The zero-order valence-corrected chi connectivity index (χ0v) is 8.33. The van der Waals surface area contributed by atoms with Crippen molar-refractivity contribution in [2.24, 2.45) is 0 Å². The quantitative estimate of drug-likeness (QED) is 0.575. The van der Waals surface area contributed by atoms with Gasteiger partial charge in [0, 0.05) is 25.2 Å². The summed E-state index contributed by atoms with van der Waals surface area (Å²) in [6, 6.07) is 0.742. The largest absolute Gasteiger partial charge is 0.378 e. The molecule has 3 rings (SSSR count). The summed E-state index contributed by atoms with van der Waals surface area (Å²) >= 11 is 0. The molecule has 0 N–H and O–H groups in total. The van der Waals surface area contributed by atoms with E-state index in [1.54, 1.807) is 0 Å². The third-order valence-corrected chi connectivity index (χ3v) is 3.99. The van der Waals surface area contributed by atoms with Crippen LogP contribution in [0.4, 0.5) is 0 Å². The molecule has 3 aliphatic rings. The Morgan fingerprint density at radius 1 is 1.23 bits per heavy atom. The predicted octanol–water partition coefficient (Wildman–Crippen LogP) is 0.165. The molecule has 0 bridgehead atoms. The topological polar surface area (TPSA) is 15.7 Å². The Morgan fingerprint density at radius 3 is 2.54 bits per heavy atom. The second-order valence-corrected chi connectivity index (χ2v) is 4.81. The van der Waals surface area contributed by atoms with Crippen LogP contribution >= 0.6 is 0 Å². The van der Waals surface area contributed by atoms with Crippen molar-refractivity contribution in [1.82, 2.24) is 9.80 Å². The lowest BCUT2D eigenvalue weighted by atomic mass is 10.1. The van der Waals surface area contributed by atoms with Gasteiger partial charge in [0.25, 0.3) is 0 Å². The summed E-state index contributed by atoms with van der Waals surface area (Å²) in [6.07, 6.45) is 2.82. The summed E-state index contributed by atoms with van der Waals surface area (Å²) in [5.41, 5.74) is 0.577. The van der Waals surface area contributed by atoms with Crippen LogP contribution in [0.5, 0.6) is 0 Å². The first-order valence-corrected chi connectivity index (χ1v) is 5.33. The van der Waals surface area contributed by atoms with Gasteiger partial charge in [-0.2, -0.15) is 0 Å². The van der Waals surface area contributed by atoms with Crippen LogP contribution in [0.15, 0.2) is 0 Å². The second kappa shape index (κ2) is 2.69. The Morgan fingerprint density at radius 2 is 2.00 bits per heavy atom. The highest BCUT2D eigenvalue weighted by Gasteiger charge is 2.50. The third-order valence-electron chi connectivity index (χ3n) is 3.99. The molecular formula is C10H18N2O. The van der Waals surface area contributed by atoms with Crippen molar-refractivity contribution in [3.05, 3.63) is 0 Å². The van der Waals surface area contributed by atoms with Crippen LogP contribution < -0.4 is 0 Å². The number of hydrogen-bond donors (Lipinski definition) is 0. The van der Waals surface area contributed by atoms with Crippen LogP contribution in [-0.2, 0) is 4.74 Å². The number of rotatable bonds is 1. The molecule has 0 atom stereocenters. The standard InChI is InChI=1S/C10H18N2O/c1-11-4-5-12(9-6-13-7-9)8-10(11)2-3-10/h9H,2-8H2,1H3. The van der Waals surface area contributed by atoms with Gasteiger partial charge in [-0.15, -0.1) is 0 Å². The molecule has 0 aromatic heterocycles. The summed E-state index contributed by atoms with van der Waals surface area (Å²) in [4.78, 5) is 5.19. The number of piperazine rings is 1. The second-order valence-electron chi connectivity index (χ2n) is 4.81. The van der Waals surface area contributed by atoms with Crippen molar-refractivity contribution in [2.45, 2.75) is 24.4 Å². The Bertz CT molecular complexity index is 211. The first-order chi connectivity index (χ1) is 6.30. The van der Waals surface area contributed by atoms with Gasteiger partial charge in [0.2, 0.25) is 0 Å². The van der Waals surface area contributed by atoms with E-state index in [4.69, 9.17) is 4.74 Å². The molecule has 1 spiro atoms. The molecule has 1 saturated carbocycles. The van der Waals surface area contributed by atoms with Gasteiger partial charge in [0.1, 0.15) is 0 Å². The van der Waals surface area contributed by atoms with Crippen LogP contribution in [0.1, 0.15) is 12.8 Å². The first-order valence-electron chi connectivity index (χ1n) is 5.33. The smallest absolute Gasteiger partial charge is 0.0645 e. The van der Waals surface area contributed by atoms with Crippen LogP contribution in [0.3, 0.4) is 0 Å². The minimum absolute atomic E-state index is 0.577. The Hall–Kier alpha value is -0.120. The summed E-state index contributed by atoms with van der Waals surface area (Å²) in [5, 5.41) is 0. The molecule has 2 heterocycles. The molecular weight excluding hydrogens is 164 g/mol. The maximum absolute atomic E-state index is 5.25. The van der Waals surface area contributed by atoms with Gasteiger partial charge < -0.3 is 4.74 Å². The minimum Gasteiger partial charge on any atom is -0.378 e. The fraction of sp³-hybridized carbons (Fsp3) is 1.00. The van der Waals surface area contributed by atoms with Gasteiger partial charge in [-0.25, -0.2) is 0 Å². The fourth-order valence-electron chi connectivity index (χ4n) is 2.52. The average Bonchev–Trinajstić information content (AvgIpc) is 2.75. The molecule has 0 unspecified atom stereocenters. The van der Waals surface area contributed by atoms with Gasteiger partial charge in [0.05, 0.1) is 19.3 Å². The minimum atomic E-state index is 0.577. The van der Waals surface area contributed by atoms with Gasteiger partial charge >= 0.3 is 0 Å². The van der Waals surface area contributed by atoms with E-state index >= 15 is 0 Å². The molecule has 0 aromatic rings. The van der Waals surface area contributed by atoms with E-state index < -0.39 is 0 Å². The van der Waals surface area contributed by atoms with E-state index in [1.807, 2.05) is 0 Å². The highest BCUT2D eigenvalue weighted by molar-refractivity contribution is 5.08. The molecule has 74 valence electrons. The van der Waals surface area contributed by atoms with E-state index in [9.17, 15) is 0 Å². The molecule has 3 fully saturated rings. The first kappa shape index (κ1) is 8.21. The summed E-state index contributed by atoms with van der Waals surface area (Å²) in [5.74, 6) is 0. The van der Waals surface area contributed by atoms with Crippen molar-refractivity contribution >= 4 is 0 Å². The van der Waals surface area contributed by atoms with Gasteiger partial charge in [-0.1, -0.05) is 0 Å². The van der Waals surface area contributed by atoms with E-state index in [2.05, 4.69) is 16.8 Å². The maximum atomic E-state index is 5.25. The van der Waals surface area contributed by atoms with Gasteiger partial charge in [0.15, 0.2) is 0 Å². The highest BCUT2D eigenvalue weighted by Crippen LogP contribution is 2.43. The number of nitrogens with zero attached hydrogens (tertiary/aromatic N) is 2. The van der Waals surface area contributed by atoms with E-state index in [0.717, 1.165) is 19.3 Å².